The Morgan fingerprint density at radius 3 is 2.94 bits per heavy atom. The molecule has 0 saturated carbocycles. The molecule has 1 unspecified atom stereocenters. The van der Waals surface area contributed by atoms with E-state index in [1.165, 1.54) is 0 Å². The molecular weight excluding hydrogens is 212 g/mol. The summed E-state index contributed by atoms with van der Waals surface area (Å²) < 4.78 is 1.95. The van der Waals surface area contributed by atoms with Gasteiger partial charge in [-0.15, -0.1) is 0 Å². The van der Waals surface area contributed by atoms with Crippen molar-refractivity contribution in [2.75, 3.05) is 7.05 Å². The summed E-state index contributed by atoms with van der Waals surface area (Å²) >= 11 is 0. The lowest BCUT2D eigenvalue weighted by molar-refractivity contribution is 0.413. The van der Waals surface area contributed by atoms with Gasteiger partial charge < -0.3 is 5.32 Å². The highest BCUT2D eigenvalue weighted by molar-refractivity contribution is 5.78. The predicted octanol–water partition coefficient (Wildman–Crippen LogP) is 1.93. The van der Waals surface area contributed by atoms with E-state index in [0.29, 0.717) is 0 Å². The highest BCUT2D eigenvalue weighted by Gasteiger charge is 2.21. The summed E-state index contributed by atoms with van der Waals surface area (Å²) in [5.74, 6) is 0. The van der Waals surface area contributed by atoms with Crippen LogP contribution < -0.4 is 5.32 Å². The Bertz CT molecular complexity index is 552. The van der Waals surface area contributed by atoms with Gasteiger partial charge >= 0.3 is 0 Å². The fourth-order valence-corrected chi connectivity index (χ4v) is 1.77. The summed E-state index contributed by atoms with van der Waals surface area (Å²) in [4.78, 5) is 0. The lowest BCUT2D eigenvalue weighted by Crippen LogP contribution is -2.39. The summed E-state index contributed by atoms with van der Waals surface area (Å²) in [6.07, 6.45) is 2.59. The van der Waals surface area contributed by atoms with Gasteiger partial charge in [0.05, 0.1) is 17.8 Å². The second-order valence-electron chi connectivity index (χ2n) is 4.37. The number of para-hydroxylation sites is 1. The molecule has 0 radical (unpaired) electrons. The van der Waals surface area contributed by atoms with Crippen LogP contribution in [0, 0.1) is 11.3 Å². The van der Waals surface area contributed by atoms with Crippen LogP contribution in [0.5, 0.6) is 0 Å². The number of nitrogens with one attached hydrogen (secondary N) is 1. The smallest absolute Gasteiger partial charge is 0.105 e. The van der Waals surface area contributed by atoms with E-state index in [1.807, 2.05) is 49.1 Å². The molecule has 1 heterocycles. The van der Waals surface area contributed by atoms with Gasteiger partial charge in [-0.05, 0) is 26.5 Å². The normalized spacial score (nSPS) is 14.4. The van der Waals surface area contributed by atoms with Crippen molar-refractivity contribution in [1.82, 2.24) is 15.1 Å². The number of nitrogens with zero attached hydrogens (tertiary/aromatic N) is 3. The maximum atomic E-state index is 9.09. The summed E-state index contributed by atoms with van der Waals surface area (Å²) in [5, 5.41) is 17.6. The molecule has 1 aromatic carbocycles. The van der Waals surface area contributed by atoms with E-state index >= 15 is 0 Å². The van der Waals surface area contributed by atoms with Gasteiger partial charge in [0.25, 0.3) is 0 Å². The highest BCUT2D eigenvalue weighted by Crippen LogP contribution is 2.15. The van der Waals surface area contributed by atoms with Gasteiger partial charge in [-0.1, -0.05) is 18.2 Å². The van der Waals surface area contributed by atoms with Crippen LogP contribution in [-0.2, 0) is 6.54 Å². The molecule has 1 atom stereocenters. The minimum atomic E-state index is -0.493. The number of hydrogen-bond acceptors (Lipinski definition) is 3. The number of aryl methyl sites for hydroxylation is 1. The Balaban J connectivity index is 2.18. The van der Waals surface area contributed by atoms with E-state index in [0.717, 1.165) is 23.9 Å². The molecule has 1 N–H and O–H groups in total. The highest BCUT2D eigenvalue weighted by atomic mass is 15.3. The first-order valence-electron chi connectivity index (χ1n) is 5.69. The zero-order valence-corrected chi connectivity index (χ0v) is 10.1. The van der Waals surface area contributed by atoms with Gasteiger partial charge in [-0.25, -0.2) is 0 Å². The van der Waals surface area contributed by atoms with Crippen molar-refractivity contribution < 1.29 is 0 Å². The first-order valence-corrected chi connectivity index (χ1v) is 5.69. The summed E-state index contributed by atoms with van der Waals surface area (Å²) in [6.45, 7) is 2.64. The van der Waals surface area contributed by atoms with E-state index in [1.54, 1.807) is 0 Å². The molecule has 0 aliphatic heterocycles. The second kappa shape index (κ2) is 4.56. The van der Waals surface area contributed by atoms with E-state index < -0.39 is 5.54 Å². The monoisotopic (exact) mass is 228 g/mol. The lowest BCUT2D eigenvalue weighted by atomic mass is 10.0. The van der Waals surface area contributed by atoms with Crippen LogP contribution in [-0.4, -0.2) is 22.4 Å². The molecule has 0 spiro atoms. The average Bonchev–Trinajstić information content (AvgIpc) is 2.79. The molecule has 4 nitrogen and oxygen atoms in total. The van der Waals surface area contributed by atoms with Gasteiger partial charge in [0, 0.05) is 11.9 Å². The Morgan fingerprint density at radius 2 is 2.24 bits per heavy atom. The second-order valence-corrected chi connectivity index (χ2v) is 4.37. The van der Waals surface area contributed by atoms with Crippen LogP contribution in [0.15, 0.2) is 30.5 Å². The van der Waals surface area contributed by atoms with Crippen molar-refractivity contribution in [1.29, 1.82) is 5.26 Å². The molecule has 0 bridgehead atoms. The number of nitriles is 1. The maximum Gasteiger partial charge on any atom is 0.105 e. The van der Waals surface area contributed by atoms with Gasteiger partial charge in [0.15, 0.2) is 0 Å². The van der Waals surface area contributed by atoms with E-state index in [9.17, 15) is 0 Å². The molecule has 1 aromatic heterocycles. The largest absolute Gasteiger partial charge is 0.303 e. The van der Waals surface area contributed by atoms with Crippen molar-refractivity contribution in [3.05, 3.63) is 30.5 Å². The molecular formula is C13H16N4. The van der Waals surface area contributed by atoms with Gasteiger partial charge in [-0.3, -0.25) is 4.68 Å². The minimum absolute atomic E-state index is 0.493. The number of hydrogen-bond donors (Lipinski definition) is 1. The molecule has 2 aromatic rings. The first-order chi connectivity index (χ1) is 8.18. The number of benzene rings is 1. The fraction of sp³-hybridized carbons (Fsp3) is 0.385. The average molecular weight is 228 g/mol. The number of fused-ring (bicyclic) bond motifs is 1. The standard InChI is InChI=1S/C13H16N4/c1-13(10-14,15-2)7-8-17-12-6-4-3-5-11(12)9-16-17/h3-6,9,15H,7-8H2,1-2H3. The third kappa shape index (κ3) is 2.29. The molecule has 2 rings (SSSR count). The van der Waals surface area contributed by atoms with Crippen molar-refractivity contribution in [2.45, 2.75) is 25.4 Å². The van der Waals surface area contributed by atoms with E-state index in [-0.39, 0.29) is 0 Å². The summed E-state index contributed by atoms with van der Waals surface area (Å²) in [6, 6.07) is 10.4. The van der Waals surface area contributed by atoms with Crippen molar-refractivity contribution in [3.8, 4) is 6.07 Å². The molecule has 0 amide bonds. The molecule has 0 saturated heterocycles. The fourth-order valence-electron chi connectivity index (χ4n) is 1.77. The zero-order valence-electron chi connectivity index (χ0n) is 10.1. The number of aromatic nitrogens is 2. The lowest BCUT2D eigenvalue weighted by Gasteiger charge is -2.20. The quantitative estimate of drug-likeness (QED) is 0.870. The third-order valence-corrected chi connectivity index (χ3v) is 3.17. The van der Waals surface area contributed by atoms with Crippen molar-refractivity contribution in [3.63, 3.8) is 0 Å². The van der Waals surface area contributed by atoms with Gasteiger partial charge in [0.1, 0.15) is 5.54 Å². The van der Waals surface area contributed by atoms with Crippen LogP contribution in [0.25, 0.3) is 10.9 Å². The van der Waals surface area contributed by atoms with Crippen LogP contribution in [0.2, 0.25) is 0 Å². The SMILES string of the molecule is CNC(C)(C#N)CCn1ncc2ccccc21. The molecule has 17 heavy (non-hydrogen) atoms. The maximum absolute atomic E-state index is 9.09. The first kappa shape index (κ1) is 11.6. The third-order valence-electron chi connectivity index (χ3n) is 3.17. The van der Waals surface area contributed by atoms with Crippen molar-refractivity contribution >= 4 is 10.9 Å². The summed E-state index contributed by atoms with van der Waals surface area (Å²) in [5.41, 5.74) is 0.622. The van der Waals surface area contributed by atoms with E-state index in [4.69, 9.17) is 5.26 Å². The summed E-state index contributed by atoms with van der Waals surface area (Å²) in [7, 11) is 1.81. The predicted molar refractivity (Wildman–Crippen MR) is 67.4 cm³/mol. The van der Waals surface area contributed by atoms with Gasteiger partial charge in [-0.2, -0.15) is 10.4 Å². The molecule has 0 aliphatic carbocycles. The zero-order chi connectivity index (χ0) is 12.3. The Hall–Kier alpha value is -1.86. The van der Waals surface area contributed by atoms with Crippen LogP contribution in [0.1, 0.15) is 13.3 Å². The topological polar surface area (TPSA) is 53.6 Å². The van der Waals surface area contributed by atoms with Crippen molar-refractivity contribution in [2.24, 2.45) is 0 Å². The molecule has 0 fully saturated rings. The van der Waals surface area contributed by atoms with Crippen LogP contribution >= 0.6 is 0 Å². The number of rotatable bonds is 4. The Morgan fingerprint density at radius 1 is 1.47 bits per heavy atom. The van der Waals surface area contributed by atoms with Crippen LogP contribution in [0.4, 0.5) is 0 Å². The molecule has 0 aliphatic rings. The van der Waals surface area contributed by atoms with E-state index in [2.05, 4.69) is 16.5 Å². The minimum Gasteiger partial charge on any atom is -0.303 e. The Labute approximate surface area is 101 Å². The molecule has 88 valence electrons. The molecule has 4 heteroatoms. The van der Waals surface area contributed by atoms with Gasteiger partial charge in [0.2, 0.25) is 0 Å². The Kier molecular flexibility index (Phi) is 3.12. The van der Waals surface area contributed by atoms with Crippen LogP contribution in [0.3, 0.4) is 0 Å².